The molecule has 0 spiro atoms. The Hall–Kier alpha value is -2.62. The van der Waals surface area contributed by atoms with Crippen LogP contribution in [-0.4, -0.2) is 18.1 Å². The highest BCUT2D eigenvalue weighted by molar-refractivity contribution is 5.84. The van der Waals surface area contributed by atoms with Crippen molar-refractivity contribution in [3.05, 3.63) is 66.6 Å². The zero-order chi connectivity index (χ0) is 14.5. The third kappa shape index (κ3) is 3.11. The number of hydrogen-bond acceptors (Lipinski definition) is 3. The first kappa shape index (κ1) is 13.4. The number of halogens is 1. The second-order valence-electron chi connectivity index (χ2n) is 4.59. The molecule has 0 saturated carbocycles. The van der Waals surface area contributed by atoms with Crippen LogP contribution in [0.3, 0.4) is 0 Å². The van der Waals surface area contributed by atoms with Crippen LogP contribution in [-0.2, 0) is 0 Å². The Balaban J connectivity index is 1.61. The van der Waals surface area contributed by atoms with Crippen molar-refractivity contribution in [2.75, 3.05) is 18.5 Å². The second kappa shape index (κ2) is 6.22. The molecule has 0 aliphatic heterocycles. The molecule has 106 valence electrons. The van der Waals surface area contributed by atoms with Crippen LogP contribution in [0.5, 0.6) is 5.75 Å². The monoisotopic (exact) mass is 282 g/mol. The molecule has 3 aromatic rings. The zero-order valence-corrected chi connectivity index (χ0v) is 11.4. The van der Waals surface area contributed by atoms with Gasteiger partial charge in [-0.3, -0.25) is 4.98 Å². The lowest BCUT2D eigenvalue weighted by Crippen LogP contribution is -2.12. The molecule has 0 atom stereocenters. The molecule has 0 aliphatic rings. The molecule has 1 N–H and O–H groups in total. The number of hydrogen-bond donors (Lipinski definition) is 1. The third-order valence-corrected chi connectivity index (χ3v) is 3.14. The summed E-state index contributed by atoms with van der Waals surface area (Å²) in [5.74, 6) is 0.479. The van der Waals surface area contributed by atoms with Gasteiger partial charge in [0, 0.05) is 18.1 Å². The Morgan fingerprint density at radius 3 is 2.76 bits per heavy atom. The standard InChI is InChI=1S/C17H15FN2O/c18-14-7-1-2-8-15(14)19-11-12-21-16-9-3-5-13-6-4-10-20-17(13)16/h1-10,19H,11-12H2. The number of anilines is 1. The average Bonchev–Trinajstić information content (AvgIpc) is 2.53. The Morgan fingerprint density at radius 1 is 1.00 bits per heavy atom. The lowest BCUT2D eigenvalue weighted by atomic mass is 10.2. The average molecular weight is 282 g/mol. The first-order chi connectivity index (χ1) is 10.3. The number of para-hydroxylation sites is 2. The first-order valence-electron chi connectivity index (χ1n) is 6.79. The number of pyridine rings is 1. The van der Waals surface area contributed by atoms with Crippen LogP contribution in [0.15, 0.2) is 60.8 Å². The SMILES string of the molecule is Fc1ccccc1NCCOc1cccc2cccnc12. The largest absolute Gasteiger partial charge is 0.489 e. The molecule has 0 radical (unpaired) electrons. The van der Waals surface area contributed by atoms with Gasteiger partial charge in [-0.25, -0.2) is 4.39 Å². The highest BCUT2D eigenvalue weighted by atomic mass is 19.1. The van der Waals surface area contributed by atoms with E-state index >= 15 is 0 Å². The van der Waals surface area contributed by atoms with Gasteiger partial charge in [0.15, 0.2) is 0 Å². The van der Waals surface area contributed by atoms with Crippen molar-refractivity contribution in [3.63, 3.8) is 0 Å². The minimum atomic E-state index is -0.260. The summed E-state index contributed by atoms with van der Waals surface area (Å²) < 4.78 is 19.2. The maximum atomic E-state index is 13.4. The first-order valence-corrected chi connectivity index (χ1v) is 6.79. The van der Waals surface area contributed by atoms with E-state index < -0.39 is 0 Å². The Bertz CT molecular complexity index is 740. The lowest BCUT2D eigenvalue weighted by molar-refractivity contribution is 0.336. The van der Waals surface area contributed by atoms with E-state index in [4.69, 9.17) is 4.74 Å². The summed E-state index contributed by atoms with van der Waals surface area (Å²) in [5, 5.41) is 4.05. The van der Waals surface area contributed by atoms with Crippen molar-refractivity contribution in [1.82, 2.24) is 4.98 Å². The number of nitrogens with one attached hydrogen (secondary N) is 1. The second-order valence-corrected chi connectivity index (χ2v) is 4.59. The molecule has 3 nitrogen and oxygen atoms in total. The summed E-state index contributed by atoms with van der Waals surface area (Å²) in [6.07, 6.45) is 1.74. The van der Waals surface area contributed by atoms with E-state index in [9.17, 15) is 4.39 Å². The molecule has 3 rings (SSSR count). The van der Waals surface area contributed by atoms with Gasteiger partial charge in [-0.2, -0.15) is 0 Å². The van der Waals surface area contributed by atoms with Gasteiger partial charge in [0.25, 0.3) is 0 Å². The van der Waals surface area contributed by atoms with Crippen LogP contribution in [0.4, 0.5) is 10.1 Å². The van der Waals surface area contributed by atoms with Crippen molar-refractivity contribution < 1.29 is 9.13 Å². The number of nitrogens with zero attached hydrogens (tertiary/aromatic N) is 1. The molecular weight excluding hydrogens is 267 g/mol. The van der Waals surface area contributed by atoms with Crippen LogP contribution >= 0.6 is 0 Å². The lowest BCUT2D eigenvalue weighted by Gasteiger charge is -2.10. The van der Waals surface area contributed by atoms with Crippen LogP contribution < -0.4 is 10.1 Å². The molecule has 0 saturated heterocycles. The van der Waals surface area contributed by atoms with Gasteiger partial charge >= 0.3 is 0 Å². The van der Waals surface area contributed by atoms with Crippen LogP contribution in [0, 0.1) is 5.82 Å². The van der Waals surface area contributed by atoms with Crippen LogP contribution in [0.25, 0.3) is 10.9 Å². The van der Waals surface area contributed by atoms with E-state index in [0.717, 1.165) is 16.7 Å². The number of benzene rings is 2. The van der Waals surface area contributed by atoms with Gasteiger partial charge in [-0.1, -0.05) is 30.3 Å². The number of rotatable bonds is 5. The molecular formula is C17H15FN2O. The highest BCUT2D eigenvalue weighted by Gasteiger charge is 2.03. The summed E-state index contributed by atoms with van der Waals surface area (Å²) in [4.78, 5) is 4.33. The highest BCUT2D eigenvalue weighted by Crippen LogP contribution is 2.22. The summed E-state index contributed by atoms with van der Waals surface area (Å²) >= 11 is 0. The number of ether oxygens (including phenoxy) is 1. The van der Waals surface area contributed by atoms with Crippen LogP contribution in [0.1, 0.15) is 0 Å². The van der Waals surface area contributed by atoms with Crippen molar-refractivity contribution in [3.8, 4) is 5.75 Å². The number of fused-ring (bicyclic) bond motifs is 1. The van der Waals surface area contributed by atoms with E-state index in [1.54, 1.807) is 24.4 Å². The fraction of sp³-hybridized carbons (Fsp3) is 0.118. The molecule has 0 bridgehead atoms. The molecule has 0 aliphatic carbocycles. The summed E-state index contributed by atoms with van der Waals surface area (Å²) in [7, 11) is 0. The summed E-state index contributed by atoms with van der Waals surface area (Å²) in [6.45, 7) is 0.953. The van der Waals surface area contributed by atoms with E-state index in [1.165, 1.54) is 6.07 Å². The van der Waals surface area contributed by atoms with Crippen molar-refractivity contribution in [2.24, 2.45) is 0 Å². The molecule has 21 heavy (non-hydrogen) atoms. The molecule has 1 heterocycles. The predicted octanol–water partition coefficient (Wildman–Crippen LogP) is 3.86. The Labute approximate surface area is 122 Å². The summed E-state index contributed by atoms with van der Waals surface area (Å²) in [6, 6.07) is 16.3. The minimum Gasteiger partial charge on any atom is -0.489 e. The van der Waals surface area contributed by atoms with Crippen molar-refractivity contribution in [1.29, 1.82) is 0 Å². The molecule has 0 amide bonds. The molecule has 0 fully saturated rings. The normalized spacial score (nSPS) is 10.5. The van der Waals surface area contributed by atoms with E-state index in [2.05, 4.69) is 10.3 Å². The van der Waals surface area contributed by atoms with Gasteiger partial charge in [-0.05, 0) is 24.3 Å². The Kier molecular flexibility index (Phi) is 3.96. The van der Waals surface area contributed by atoms with Gasteiger partial charge in [0.2, 0.25) is 0 Å². The van der Waals surface area contributed by atoms with Crippen LogP contribution in [0.2, 0.25) is 0 Å². The minimum absolute atomic E-state index is 0.260. The fourth-order valence-corrected chi connectivity index (χ4v) is 2.14. The number of aromatic nitrogens is 1. The van der Waals surface area contributed by atoms with E-state index in [0.29, 0.717) is 18.8 Å². The molecule has 1 aromatic heterocycles. The maximum absolute atomic E-state index is 13.4. The van der Waals surface area contributed by atoms with Gasteiger partial charge < -0.3 is 10.1 Å². The molecule has 4 heteroatoms. The third-order valence-electron chi connectivity index (χ3n) is 3.14. The predicted molar refractivity (Wildman–Crippen MR) is 82.1 cm³/mol. The zero-order valence-electron chi connectivity index (χ0n) is 11.4. The van der Waals surface area contributed by atoms with E-state index in [-0.39, 0.29) is 5.82 Å². The van der Waals surface area contributed by atoms with Gasteiger partial charge in [-0.15, -0.1) is 0 Å². The fourth-order valence-electron chi connectivity index (χ4n) is 2.14. The topological polar surface area (TPSA) is 34.1 Å². The van der Waals surface area contributed by atoms with Crippen molar-refractivity contribution >= 4 is 16.6 Å². The summed E-state index contributed by atoms with van der Waals surface area (Å²) in [5.41, 5.74) is 1.32. The molecule has 2 aromatic carbocycles. The quantitative estimate of drug-likeness (QED) is 0.721. The Morgan fingerprint density at radius 2 is 1.86 bits per heavy atom. The van der Waals surface area contributed by atoms with E-state index in [1.807, 2.05) is 30.3 Å². The molecule has 0 unspecified atom stereocenters. The maximum Gasteiger partial charge on any atom is 0.146 e. The van der Waals surface area contributed by atoms with Gasteiger partial charge in [0.05, 0.1) is 5.69 Å². The van der Waals surface area contributed by atoms with Crippen molar-refractivity contribution in [2.45, 2.75) is 0 Å². The smallest absolute Gasteiger partial charge is 0.146 e. The van der Waals surface area contributed by atoms with Gasteiger partial charge in [0.1, 0.15) is 23.7 Å².